The second kappa shape index (κ2) is 5.50. The van der Waals surface area contributed by atoms with Gasteiger partial charge < -0.3 is 10.2 Å². The zero-order valence-corrected chi connectivity index (χ0v) is 12.1. The van der Waals surface area contributed by atoms with E-state index in [9.17, 15) is 0 Å². The molecule has 0 bridgehead atoms. The minimum absolute atomic E-state index is 0.000123. The van der Waals surface area contributed by atoms with E-state index < -0.39 is 0 Å². The van der Waals surface area contributed by atoms with E-state index >= 15 is 0 Å². The van der Waals surface area contributed by atoms with Gasteiger partial charge in [-0.05, 0) is 44.1 Å². The van der Waals surface area contributed by atoms with Crippen LogP contribution in [0.4, 0.5) is 5.69 Å². The average Bonchev–Trinajstić information content (AvgIpc) is 2.28. The number of hydrogen-bond donors (Lipinski definition) is 1. The SMILES string of the molecule is CC(C)C(C)(C)NC(=S)N(C)c1ccccc1. The van der Waals surface area contributed by atoms with Gasteiger partial charge in [-0.25, -0.2) is 0 Å². The molecule has 0 radical (unpaired) electrons. The number of thiocarbonyl (C=S) groups is 1. The Balaban J connectivity index is 2.72. The van der Waals surface area contributed by atoms with Crippen molar-refractivity contribution in [2.24, 2.45) is 5.92 Å². The lowest BCUT2D eigenvalue weighted by Gasteiger charge is -2.34. The van der Waals surface area contributed by atoms with Crippen molar-refractivity contribution in [2.75, 3.05) is 11.9 Å². The van der Waals surface area contributed by atoms with Gasteiger partial charge in [0.25, 0.3) is 0 Å². The molecule has 0 saturated carbocycles. The largest absolute Gasteiger partial charge is 0.357 e. The summed E-state index contributed by atoms with van der Waals surface area (Å²) in [7, 11) is 1.99. The predicted molar refractivity (Wildman–Crippen MR) is 79.5 cm³/mol. The van der Waals surface area contributed by atoms with E-state index in [1.54, 1.807) is 0 Å². The van der Waals surface area contributed by atoms with Crippen LogP contribution in [0.2, 0.25) is 0 Å². The van der Waals surface area contributed by atoms with Gasteiger partial charge in [0.1, 0.15) is 0 Å². The Morgan fingerprint density at radius 2 is 1.76 bits per heavy atom. The third-order valence-electron chi connectivity index (χ3n) is 3.32. The van der Waals surface area contributed by atoms with Gasteiger partial charge in [-0.1, -0.05) is 32.0 Å². The van der Waals surface area contributed by atoms with Crippen LogP contribution >= 0.6 is 12.2 Å². The molecule has 1 aromatic rings. The third-order valence-corrected chi connectivity index (χ3v) is 3.70. The third kappa shape index (κ3) is 3.70. The number of hydrogen-bond acceptors (Lipinski definition) is 1. The average molecular weight is 250 g/mol. The van der Waals surface area contributed by atoms with Crippen molar-refractivity contribution < 1.29 is 0 Å². The van der Waals surface area contributed by atoms with Gasteiger partial charge in [-0.15, -0.1) is 0 Å². The van der Waals surface area contributed by atoms with E-state index in [0.29, 0.717) is 5.92 Å². The topological polar surface area (TPSA) is 15.3 Å². The first-order valence-electron chi connectivity index (χ1n) is 5.95. The Morgan fingerprint density at radius 3 is 2.24 bits per heavy atom. The van der Waals surface area contributed by atoms with E-state index in [1.807, 2.05) is 30.1 Å². The van der Waals surface area contributed by atoms with E-state index in [4.69, 9.17) is 12.2 Å². The molecule has 0 aromatic heterocycles. The van der Waals surface area contributed by atoms with Gasteiger partial charge in [-0.3, -0.25) is 0 Å². The number of para-hydroxylation sites is 1. The normalized spacial score (nSPS) is 11.4. The second-order valence-electron chi connectivity index (χ2n) is 5.20. The summed E-state index contributed by atoms with van der Waals surface area (Å²) in [6, 6.07) is 10.1. The fraction of sp³-hybridized carbons (Fsp3) is 0.500. The molecule has 94 valence electrons. The predicted octanol–water partition coefficient (Wildman–Crippen LogP) is 3.43. The molecule has 0 unspecified atom stereocenters. The highest BCUT2D eigenvalue weighted by molar-refractivity contribution is 7.80. The number of benzene rings is 1. The maximum absolute atomic E-state index is 5.44. The summed E-state index contributed by atoms with van der Waals surface area (Å²) < 4.78 is 0. The van der Waals surface area contributed by atoms with Crippen LogP contribution in [0.5, 0.6) is 0 Å². The zero-order chi connectivity index (χ0) is 13.1. The van der Waals surface area contributed by atoms with Gasteiger partial charge in [0, 0.05) is 18.3 Å². The van der Waals surface area contributed by atoms with Crippen molar-refractivity contribution in [2.45, 2.75) is 33.2 Å². The molecule has 3 heteroatoms. The van der Waals surface area contributed by atoms with Crippen molar-refractivity contribution in [1.29, 1.82) is 0 Å². The zero-order valence-electron chi connectivity index (χ0n) is 11.3. The highest BCUT2D eigenvalue weighted by Crippen LogP contribution is 2.17. The summed E-state index contributed by atoms with van der Waals surface area (Å²) >= 11 is 5.44. The minimum atomic E-state index is 0.000123. The van der Waals surface area contributed by atoms with Crippen LogP contribution in [-0.2, 0) is 0 Å². The molecular formula is C14H22N2S. The van der Waals surface area contributed by atoms with Crippen molar-refractivity contribution >= 4 is 23.0 Å². The minimum Gasteiger partial charge on any atom is -0.357 e. The summed E-state index contributed by atoms with van der Waals surface area (Å²) in [5.41, 5.74) is 1.10. The Hall–Kier alpha value is -1.09. The lowest BCUT2D eigenvalue weighted by atomic mass is 9.91. The Bertz CT molecular complexity index is 371. The van der Waals surface area contributed by atoms with E-state index in [1.165, 1.54) is 0 Å². The Labute approximate surface area is 110 Å². The van der Waals surface area contributed by atoms with Crippen molar-refractivity contribution in [3.05, 3.63) is 30.3 Å². The quantitative estimate of drug-likeness (QED) is 0.827. The van der Waals surface area contributed by atoms with Crippen LogP contribution in [0.1, 0.15) is 27.7 Å². The summed E-state index contributed by atoms with van der Waals surface area (Å²) in [6.07, 6.45) is 0. The number of nitrogens with one attached hydrogen (secondary N) is 1. The molecule has 0 fully saturated rings. The van der Waals surface area contributed by atoms with Crippen molar-refractivity contribution in [3.63, 3.8) is 0 Å². The molecule has 1 N–H and O–H groups in total. The molecule has 0 spiro atoms. The second-order valence-corrected chi connectivity index (χ2v) is 5.59. The maximum Gasteiger partial charge on any atom is 0.173 e. The smallest absolute Gasteiger partial charge is 0.173 e. The molecule has 0 saturated heterocycles. The maximum atomic E-state index is 5.44. The molecule has 0 aliphatic carbocycles. The molecule has 0 atom stereocenters. The highest BCUT2D eigenvalue weighted by atomic mass is 32.1. The fourth-order valence-electron chi connectivity index (χ4n) is 1.27. The Kier molecular flexibility index (Phi) is 4.52. The molecular weight excluding hydrogens is 228 g/mol. The van der Waals surface area contributed by atoms with Gasteiger partial charge in [0.05, 0.1) is 0 Å². The fourth-order valence-corrected chi connectivity index (χ4v) is 1.64. The Morgan fingerprint density at radius 1 is 1.24 bits per heavy atom. The van der Waals surface area contributed by atoms with E-state index in [2.05, 4.69) is 45.1 Å². The van der Waals surface area contributed by atoms with E-state index in [-0.39, 0.29) is 5.54 Å². The van der Waals surface area contributed by atoms with Crippen LogP contribution in [0.3, 0.4) is 0 Å². The van der Waals surface area contributed by atoms with Crippen LogP contribution < -0.4 is 10.2 Å². The number of nitrogens with zero attached hydrogens (tertiary/aromatic N) is 1. The standard InChI is InChI=1S/C14H22N2S/c1-11(2)14(3,4)15-13(17)16(5)12-9-7-6-8-10-12/h6-11H,1-5H3,(H,15,17). The van der Waals surface area contributed by atoms with E-state index in [0.717, 1.165) is 10.8 Å². The molecule has 0 amide bonds. The van der Waals surface area contributed by atoms with Gasteiger partial charge in [0.15, 0.2) is 5.11 Å². The number of rotatable bonds is 3. The molecule has 0 heterocycles. The van der Waals surface area contributed by atoms with Crippen LogP contribution in [0.25, 0.3) is 0 Å². The first-order valence-corrected chi connectivity index (χ1v) is 6.36. The van der Waals surface area contributed by atoms with Crippen LogP contribution in [0, 0.1) is 5.92 Å². The van der Waals surface area contributed by atoms with Crippen molar-refractivity contribution in [1.82, 2.24) is 5.32 Å². The van der Waals surface area contributed by atoms with Crippen molar-refractivity contribution in [3.8, 4) is 0 Å². The summed E-state index contributed by atoms with van der Waals surface area (Å²) in [6.45, 7) is 8.72. The highest BCUT2D eigenvalue weighted by Gasteiger charge is 2.24. The summed E-state index contributed by atoms with van der Waals surface area (Å²) in [5.74, 6) is 0.518. The summed E-state index contributed by atoms with van der Waals surface area (Å²) in [5, 5.41) is 4.17. The molecule has 0 aliphatic heterocycles. The molecule has 0 aliphatic rings. The molecule has 2 nitrogen and oxygen atoms in total. The van der Waals surface area contributed by atoms with Crippen LogP contribution in [-0.4, -0.2) is 17.7 Å². The summed E-state index contributed by atoms with van der Waals surface area (Å²) in [4.78, 5) is 2.00. The lowest BCUT2D eigenvalue weighted by molar-refractivity contribution is 0.334. The molecule has 17 heavy (non-hydrogen) atoms. The molecule has 1 aromatic carbocycles. The monoisotopic (exact) mass is 250 g/mol. The van der Waals surface area contributed by atoms with Gasteiger partial charge >= 0.3 is 0 Å². The number of anilines is 1. The van der Waals surface area contributed by atoms with Crippen LogP contribution in [0.15, 0.2) is 30.3 Å². The first-order chi connectivity index (χ1) is 7.84. The molecule has 1 rings (SSSR count). The lowest BCUT2D eigenvalue weighted by Crippen LogP contribution is -2.51. The van der Waals surface area contributed by atoms with Gasteiger partial charge in [-0.2, -0.15) is 0 Å². The van der Waals surface area contributed by atoms with Gasteiger partial charge in [0.2, 0.25) is 0 Å². The first kappa shape index (κ1) is 14.0.